The fourth-order valence-electron chi connectivity index (χ4n) is 1.50. The number of nitrogens with one attached hydrogen (secondary N) is 1. The van der Waals surface area contributed by atoms with Gasteiger partial charge < -0.3 is 15.5 Å². The third kappa shape index (κ3) is 2.40. The Morgan fingerprint density at radius 1 is 1.28 bits per heavy atom. The largest absolute Gasteiger partial charge is 0.505 e. The molecule has 0 aliphatic carbocycles. The number of benzene rings is 1. The molecule has 1 aromatic carbocycles. The number of anilines is 2. The number of carboxylic acid groups (broad SMARTS) is 1. The molecule has 0 bridgehead atoms. The molecule has 1 aromatic heterocycles. The van der Waals surface area contributed by atoms with E-state index in [4.69, 9.17) is 5.11 Å². The molecule has 0 unspecified atom stereocenters. The molecule has 0 amide bonds. The van der Waals surface area contributed by atoms with Gasteiger partial charge in [-0.1, -0.05) is 12.1 Å². The van der Waals surface area contributed by atoms with Crippen LogP contribution in [-0.4, -0.2) is 21.2 Å². The Labute approximate surface area is 104 Å². The number of phenols is 1. The molecule has 92 valence electrons. The van der Waals surface area contributed by atoms with Crippen LogP contribution in [0.3, 0.4) is 0 Å². The van der Waals surface area contributed by atoms with Crippen LogP contribution in [0.15, 0.2) is 36.5 Å². The predicted octanol–water partition coefficient (Wildman–Crippen LogP) is 2.54. The van der Waals surface area contributed by atoms with Crippen LogP contribution in [-0.2, 0) is 0 Å². The van der Waals surface area contributed by atoms with Crippen molar-refractivity contribution >= 4 is 17.5 Å². The minimum absolute atomic E-state index is 0.146. The van der Waals surface area contributed by atoms with Gasteiger partial charge in [0.05, 0.1) is 5.69 Å². The lowest BCUT2D eigenvalue weighted by Crippen LogP contribution is -2.00. The van der Waals surface area contributed by atoms with Crippen molar-refractivity contribution < 1.29 is 15.0 Å². The summed E-state index contributed by atoms with van der Waals surface area (Å²) in [5.41, 5.74) is 1.18. The Morgan fingerprint density at radius 3 is 2.67 bits per heavy atom. The van der Waals surface area contributed by atoms with Gasteiger partial charge in [-0.25, -0.2) is 9.78 Å². The van der Waals surface area contributed by atoms with Crippen molar-refractivity contribution in [2.75, 3.05) is 5.32 Å². The lowest BCUT2D eigenvalue weighted by Gasteiger charge is -2.09. The SMILES string of the molecule is Cc1ccc(Nc2cccc(C(=O)O)c2O)nc1. The molecule has 2 rings (SSSR count). The maximum Gasteiger partial charge on any atom is 0.339 e. The fourth-order valence-corrected chi connectivity index (χ4v) is 1.50. The molecule has 0 fully saturated rings. The summed E-state index contributed by atoms with van der Waals surface area (Å²) in [5, 5.41) is 21.6. The minimum Gasteiger partial charge on any atom is -0.505 e. The molecule has 0 saturated carbocycles. The number of aryl methyl sites for hydroxylation is 1. The number of nitrogens with zero attached hydrogens (tertiary/aromatic N) is 1. The first-order valence-corrected chi connectivity index (χ1v) is 5.33. The summed E-state index contributed by atoms with van der Waals surface area (Å²) in [6.45, 7) is 1.92. The van der Waals surface area contributed by atoms with Gasteiger partial charge in [0, 0.05) is 6.20 Å². The lowest BCUT2D eigenvalue weighted by atomic mass is 10.1. The highest BCUT2D eigenvalue weighted by Gasteiger charge is 2.12. The first-order chi connectivity index (χ1) is 8.58. The zero-order valence-corrected chi connectivity index (χ0v) is 9.71. The van der Waals surface area contributed by atoms with Gasteiger partial charge in [0.1, 0.15) is 11.4 Å². The number of hydrogen-bond donors (Lipinski definition) is 3. The first-order valence-electron chi connectivity index (χ1n) is 5.33. The van der Waals surface area contributed by atoms with Crippen molar-refractivity contribution in [2.45, 2.75) is 6.92 Å². The number of carboxylic acids is 1. The van der Waals surface area contributed by atoms with Crippen molar-refractivity contribution in [3.05, 3.63) is 47.7 Å². The molecular formula is C13H12N2O3. The van der Waals surface area contributed by atoms with Crippen LogP contribution in [0.5, 0.6) is 5.75 Å². The molecule has 0 aliphatic rings. The number of carbonyl (C=O) groups is 1. The number of aromatic nitrogens is 1. The topological polar surface area (TPSA) is 82.5 Å². The van der Waals surface area contributed by atoms with Gasteiger partial charge >= 0.3 is 5.97 Å². The summed E-state index contributed by atoms with van der Waals surface area (Å²) in [5.74, 6) is -0.932. The Morgan fingerprint density at radius 2 is 2.06 bits per heavy atom. The molecule has 3 N–H and O–H groups in total. The number of para-hydroxylation sites is 1. The van der Waals surface area contributed by atoms with E-state index >= 15 is 0 Å². The number of hydrogen-bond acceptors (Lipinski definition) is 4. The second kappa shape index (κ2) is 4.75. The summed E-state index contributed by atoms with van der Waals surface area (Å²) < 4.78 is 0. The van der Waals surface area contributed by atoms with Crippen LogP contribution >= 0.6 is 0 Å². The van der Waals surface area contributed by atoms with E-state index in [1.54, 1.807) is 24.4 Å². The molecule has 5 heteroatoms. The Bertz CT molecular complexity index is 579. The smallest absolute Gasteiger partial charge is 0.339 e. The van der Waals surface area contributed by atoms with Crippen molar-refractivity contribution in [2.24, 2.45) is 0 Å². The Kier molecular flexibility index (Phi) is 3.14. The van der Waals surface area contributed by atoms with Crippen LogP contribution < -0.4 is 5.32 Å². The highest BCUT2D eigenvalue weighted by atomic mass is 16.4. The van der Waals surface area contributed by atoms with E-state index in [9.17, 15) is 9.90 Å². The molecule has 18 heavy (non-hydrogen) atoms. The zero-order chi connectivity index (χ0) is 13.1. The van der Waals surface area contributed by atoms with E-state index in [1.165, 1.54) is 6.07 Å². The van der Waals surface area contributed by atoms with Gasteiger partial charge in [0.25, 0.3) is 0 Å². The third-order valence-corrected chi connectivity index (χ3v) is 2.44. The summed E-state index contributed by atoms with van der Waals surface area (Å²) in [6, 6.07) is 8.10. The first kappa shape index (κ1) is 11.9. The van der Waals surface area contributed by atoms with E-state index in [2.05, 4.69) is 10.3 Å². The van der Waals surface area contributed by atoms with Gasteiger partial charge in [-0.3, -0.25) is 0 Å². The molecule has 0 atom stereocenters. The van der Waals surface area contributed by atoms with E-state index in [1.807, 2.05) is 13.0 Å². The second-order valence-electron chi connectivity index (χ2n) is 3.85. The van der Waals surface area contributed by atoms with Crippen LogP contribution in [0.2, 0.25) is 0 Å². The summed E-state index contributed by atoms with van der Waals surface area (Å²) in [4.78, 5) is 15.0. The van der Waals surface area contributed by atoms with E-state index in [0.29, 0.717) is 11.5 Å². The molecular weight excluding hydrogens is 232 g/mol. The lowest BCUT2D eigenvalue weighted by molar-refractivity contribution is 0.0694. The predicted molar refractivity (Wildman–Crippen MR) is 67.3 cm³/mol. The maximum absolute atomic E-state index is 10.9. The maximum atomic E-state index is 10.9. The number of aromatic hydroxyl groups is 1. The molecule has 0 radical (unpaired) electrons. The summed E-state index contributed by atoms with van der Waals surface area (Å²) >= 11 is 0. The summed E-state index contributed by atoms with van der Waals surface area (Å²) in [7, 11) is 0. The Hall–Kier alpha value is -2.56. The van der Waals surface area contributed by atoms with Crippen molar-refractivity contribution in [1.29, 1.82) is 0 Å². The van der Waals surface area contributed by atoms with Gasteiger partial charge in [-0.05, 0) is 30.7 Å². The number of pyridine rings is 1. The monoisotopic (exact) mass is 244 g/mol. The van der Waals surface area contributed by atoms with Crippen molar-refractivity contribution in [3.63, 3.8) is 0 Å². The molecule has 0 saturated heterocycles. The van der Waals surface area contributed by atoms with Gasteiger partial charge in [0.15, 0.2) is 5.75 Å². The van der Waals surface area contributed by atoms with Crippen LogP contribution in [0.4, 0.5) is 11.5 Å². The average Bonchev–Trinajstić information content (AvgIpc) is 2.34. The van der Waals surface area contributed by atoms with Gasteiger partial charge in [-0.15, -0.1) is 0 Å². The fraction of sp³-hybridized carbons (Fsp3) is 0.0769. The van der Waals surface area contributed by atoms with Crippen molar-refractivity contribution in [1.82, 2.24) is 4.98 Å². The summed E-state index contributed by atoms with van der Waals surface area (Å²) in [6.07, 6.45) is 1.68. The molecule has 0 aliphatic heterocycles. The number of aromatic carboxylic acids is 1. The third-order valence-electron chi connectivity index (χ3n) is 2.44. The molecule has 0 spiro atoms. The van der Waals surface area contributed by atoms with Crippen LogP contribution in [0, 0.1) is 6.92 Å². The van der Waals surface area contributed by atoms with E-state index < -0.39 is 5.97 Å². The van der Waals surface area contributed by atoms with Gasteiger partial charge in [-0.2, -0.15) is 0 Å². The van der Waals surface area contributed by atoms with Crippen LogP contribution in [0.1, 0.15) is 15.9 Å². The quantitative estimate of drug-likeness (QED) is 0.723. The standard InChI is InChI=1S/C13H12N2O3/c1-8-5-6-11(14-7-8)15-10-4-2-3-9(12(10)16)13(17)18/h2-7,16H,1H3,(H,14,15)(H,17,18). The van der Waals surface area contributed by atoms with E-state index in [0.717, 1.165) is 5.56 Å². The normalized spacial score (nSPS) is 10.1. The highest BCUT2D eigenvalue weighted by molar-refractivity contribution is 5.93. The van der Waals surface area contributed by atoms with Crippen LogP contribution in [0.25, 0.3) is 0 Å². The Balaban J connectivity index is 2.32. The minimum atomic E-state index is -1.17. The molecule has 5 nitrogen and oxygen atoms in total. The van der Waals surface area contributed by atoms with Gasteiger partial charge in [0.2, 0.25) is 0 Å². The van der Waals surface area contributed by atoms with E-state index in [-0.39, 0.29) is 11.3 Å². The second-order valence-corrected chi connectivity index (χ2v) is 3.85. The molecule has 2 aromatic rings. The zero-order valence-electron chi connectivity index (χ0n) is 9.71. The average molecular weight is 244 g/mol. The molecule has 1 heterocycles. The highest BCUT2D eigenvalue weighted by Crippen LogP contribution is 2.29. The number of rotatable bonds is 3. The van der Waals surface area contributed by atoms with Crippen molar-refractivity contribution in [3.8, 4) is 5.75 Å².